The Hall–Kier alpha value is -3.97. The molecule has 1 fully saturated rings. The largest absolute Gasteiger partial charge is 0.368 e. The molecule has 7 nitrogen and oxygen atoms in total. The van der Waals surface area contributed by atoms with Crippen LogP contribution < -0.4 is 10.2 Å². The smallest absolute Gasteiger partial charge is 0.261 e. The molecule has 2 amide bonds. The molecule has 3 aromatic rings. The minimum absolute atomic E-state index is 0.0248. The third-order valence-corrected chi connectivity index (χ3v) is 6.03. The number of aromatic nitrogens is 1. The third kappa shape index (κ3) is 6.13. The molecule has 0 aliphatic carbocycles. The summed E-state index contributed by atoms with van der Waals surface area (Å²) in [4.78, 5) is 46.0. The zero-order chi connectivity index (χ0) is 24.8. The zero-order valence-electron chi connectivity index (χ0n) is 19.3. The van der Waals surface area contributed by atoms with Gasteiger partial charge in [0.25, 0.3) is 11.8 Å². The van der Waals surface area contributed by atoms with Crippen LogP contribution in [0.1, 0.15) is 22.8 Å². The van der Waals surface area contributed by atoms with Gasteiger partial charge in [-0.3, -0.25) is 19.4 Å². The lowest BCUT2D eigenvalue weighted by Gasteiger charge is -2.36. The van der Waals surface area contributed by atoms with Crippen molar-refractivity contribution in [3.8, 4) is 0 Å². The lowest BCUT2D eigenvalue weighted by Crippen LogP contribution is -2.50. The average Bonchev–Trinajstić information content (AvgIpc) is 2.89. The van der Waals surface area contributed by atoms with Crippen molar-refractivity contribution < 1.29 is 14.4 Å². The number of amides is 2. The highest BCUT2D eigenvalue weighted by atomic mass is 35.5. The zero-order valence-corrected chi connectivity index (χ0v) is 20.0. The normalized spacial score (nSPS) is 13.9. The molecule has 4 rings (SSSR count). The summed E-state index contributed by atoms with van der Waals surface area (Å²) in [6.07, 6.45) is 4.80. The fraction of sp³-hybridized carbons (Fsp3) is 0.185. The van der Waals surface area contributed by atoms with Gasteiger partial charge < -0.3 is 15.1 Å². The quantitative estimate of drug-likeness (QED) is 0.242. The van der Waals surface area contributed by atoms with Crippen LogP contribution in [-0.2, 0) is 9.59 Å². The predicted octanol–water partition coefficient (Wildman–Crippen LogP) is 4.31. The molecule has 178 valence electrons. The number of halogens is 1. The van der Waals surface area contributed by atoms with E-state index in [4.69, 9.17) is 11.6 Å². The summed E-state index contributed by atoms with van der Waals surface area (Å²) in [5, 5.41) is 3.34. The van der Waals surface area contributed by atoms with Gasteiger partial charge in [0, 0.05) is 60.5 Å². The highest BCUT2D eigenvalue weighted by Gasteiger charge is 2.27. The standard InChI is InChI=1S/C27H25ClN4O3/c1-19(33)21-4-10-24(11-5-21)31-13-15-32(16-14-31)27(35)25(17-20-3-2-12-29-18-20)26(34)30-23-8-6-22(28)7-9-23/h2-12,17-18H,13-16H2,1H3,(H,30,34). The van der Waals surface area contributed by atoms with Gasteiger partial charge in [-0.15, -0.1) is 0 Å². The molecule has 0 atom stereocenters. The second-order valence-corrected chi connectivity index (χ2v) is 8.62. The van der Waals surface area contributed by atoms with Gasteiger partial charge in [-0.2, -0.15) is 0 Å². The Kier molecular flexibility index (Phi) is 7.57. The van der Waals surface area contributed by atoms with E-state index in [0.717, 1.165) is 5.69 Å². The Morgan fingerprint density at radius 2 is 1.63 bits per heavy atom. The first-order valence-electron chi connectivity index (χ1n) is 11.2. The summed E-state index contributed by atoms with van der Waals surface area (Å²) in [7, 11) is 0. The molecule has 8 heteroatoms. The highest BCUT2D eigenvalue weighted by molar-refractivity contribution is 6.30. The lowest BCUT2D eigenvalue weighted by atomic mass is 10.1. The van der Waals surface area contributed by atoms with Gasteiger partial charge in [-0.25, -0.2) is 0 Å². The number of ketones is 1. The number of hydrogen-bond donors (Lipinski definition) is 1. The number of carbonyl (C=O) groups excluding carboxylic acids is 3. The van der Waals surface area contributed by atoms with Crippen molar-refractivity contribution in [2.45, 2.75) is 6.92 Å². The number of nitrogens with zero attached hydrogens (tertiary/aromatic N) is 3. The first-order chi connectivity index (χ1) is 16.9. The SMILES string of the molecule is CC(=O)c1ccc(N2CCN(C(=O)C(=Cc3cccnc3)C(=O)Nc3ccc(Cl)cc3)CC2)cc1. The number of Topliss-reactive ketones (excluding diaryl/α,β-unsaturated/α-hetero) is 1. The van der Waals surface area contributed by atoms with Gasteiger partial charge in [-0.05, 0) is 73.2 Å². The lowest BCUT2D eigenvalue weighted by molar-refractivity contribution is -0.129. The number of benzene rings is 2. The Morgan fingerprint density at radius 1 is 0.943 bits per heavy atom. The molecule has 0 saturated carbocycles. The summed E-state index contributed by atoms with van der Waals surface area (Å²) < 4.78 is 0. The van der Waals surface area contributed by atoms with Gasteiger partial charge in [0.05, 0.1) is 0 Å². The van der Waals surface area contributed by atoms with E-state index >= 15 is 0 Å². The molecule has 1 N–H and O–H groups in total. The van der Waals surface area contributed by atoms with E-state index in [-0.39, 0.29) is 17.3 Å². The Bertz CT molecular complexity index is 1230. The molecule has 0 spiro atoms. The maximum Gasteiger partial charge on any atom is 0.261 e. The topological polar surface area (TPSA) is 82.6 Å². The van der Waals surface area contributed by atoms with Crippen molar-refractivity contribution in [2.24, 2.45) is 0 Å². The van der Waals surface area contributed by atoms with Crippen molar-refractivity contribution >= 4 is 46.6 Å². The molecule has 0 unspecified atom stereocenters. The van der Waals surface area contributed by atoms with Crippen LogP contribution in [0.4, 0.5) is 11.4 Å². The monoisotopic (exact) mass is 488 g/mol. The van der Waals surface area contributed by atoms with Crippen LogP contribution in [-0.4, -0.2) is 53.7 Å². The number of hydrogen-bond acceptors (Lipinski definition) is 5. The first-order valence-corrected chi connectivity index (χ1v) is 11.6. The number of nitrogens with one attached hydrogen (secondary N) is 1. The van der Waals surface area contributed by atoms with Crippen LogP contribution in [0.3, 0.4) is 0 Å². The summed E-state index contributed by atoms with van der Waals surface area (Å²) in [6, 6.07) is 17.7. The molecule has 1 aromatic heterocycles. The van der Waals surface area contributed by atoms with Crippen LogP contribution in [0.15, 0.2) is 78.6 Å². The van der Waals surface area contributed by atoms with E-state index in [1.165, 1.54) is 0 Å². The van der Waals surface area contributed by atoms with Crippen molar-refractivity contribution in [3.05, 3.63) is 94.8 Å². The van der Waals surface area contributed by atoms with Crippen LogP contribution >= 0.6 is 11.6 Å². The molecule has 0 bridgehead atoms. The summed E-state index contributed by atoms with van der Waals surface area (Å²) in [5.41, 5.74) is 2.90. The van der Waals surface area contributed by atoms with Gasteiger partial charge in [-0.1, -0.05) is 17.7 Å². The maximum atomic E-state index is 13.5. The Morgan fingerprint density at radius 3 is 2.23 bits per heavy atom. The van der Waals surface area contributed by atoms with Crippen molar-refractivity contribution in [1.82, 2.24) is 9.88 Å². The van der Waals surface area contributed by atoms with Gasteiger partial charge in [0.2, 0.25) is 0 Å². The fourth-order valence-corrected chi connectivity index (χ4v) is 3.96. The van der Waals surface area contributed by atoms with E-state index < -0.39 is 5.91 Å². The van der Waals surface area contributed by atoms with Crippen molar-refractivity contribution in [1.29, 1.82) is 0 Å². The molecular formula is C27H25ClN4O3. The van der Waals surface area contributed by atoms with E-state index in [1.54, 1.807) is 66.7 Å². The fourth-order valence-electron chi connectivity index (χ4n) is 3.83. The maximum absolute atomic E-state index is 13.5. The van der Waals surface area contributed by atoms with E-state index in [2.05, 4.69) is 15.2 Å². The van der Waals surface area contributed by atoms with Crippen LogP contribution in [0.5, 0.6) is 0 Å². The molecule has 1 aliphatic rings. The highest BCUT2D eigenvalue weighted by Crippen LogP contribution is 2.20. The second-order valence-electron chi connectivity index (χ2n) is 8.19. The van der Waals surface area contributed by atoms with Crippen molar-refractivity contribution in [3.63, 3.8) is 0 Å². The minimum Gasteiger partial charge on any atom is -0.368 e. The summed E-state index contributed by atoms with van der Waals surface area (Å²) >= 11 is 5.94. The predicted molar refractivity (Wildman–Crippen MR) is 138 cm³/mol. The number of carbonyl (C=O) groups is 3. The van der Waals surface area contributed by atoms with Gasteiger partial charge in [0.1, 0.15) is 5.57 Å². The first kappa shape index (κ1) is 24.2. The number of anilines is 2. The van der Waals surface area contributed by atoms with Gasteiger partial charge in [0.15, 0.2) is 5.78 Å². The molecule has 35 heavy (non-hydrogen) atoms. The van der Waals surface area contributed by atoms with E-state index in [1.807, 2.05) is 24.3 Å². The van der Waals surface area contributed by atoms with Crippen LogP contribution in [0.25, 0.3) is 6.08 Å². The second kappa shape index (κ2) is 11.0. The summed E-state index contributed by atoms with van der Waals surface area (Å²) in [5.74, 6) is -0.813. The van der Waals surface area contributed by atoms with Crippen LogP contribution in [0, 0.1) is 0 Å². The van der Waals surface area contributed by atoms with Crippen LogP contribution in [0.2, 0.25) is 5.02 Å². The van der Waals surface area contributed by atoms with Crippen molar-refractivity contribution in [2.75, 3.05) is 36.4 Å². The van der Waals surface area contributed by atoms with E-state index in [0.29, 0.717) is 48.0 Å². The average molecular weight is 489 g/mol. The van der Waals surface area contributed by atoms with E-state index in [9.17, 15) is 14.4 Å². The molecule has 2 aromatic carbocycles. The molecule has 1 saturated heterocycles. The molecule has 0 radical (unpaired) electrons. The molecule has 1 aliphatic heterocycles. The Labute approximate surface area is 209 Å². The molecule has 2 heterocycles. The number of rotatable bonds is 6. The number of pyridine rings is 1. The minimum atomic E-state index is -0.497. The Balaban J connectivity index is 1.49. The molecular weight excluding hydrogens is 464 g/mol. The third-order valence-electron chi connectivity index (χ3n) is 5.78. The number of piperazine rings is 1. The summed E-state index contributed by atoms with van der Waals surface area (Å²) in [6.45, 7) is 3.70. The van der Waals surface area contributed by atoms with Gasteiger partial charge >= 0.3 is 0 Å².